The summed E-state index contributed by atoms with van der Waals surface area (Å²) in [5, 5.41) is 10.1. The second-order valence-corrected chi connectivity index (χ2v) is 5.37. The van der Waals surface area contributed by atoms with Gasteiger partial charge in [-0.15, -0.1) is 0 Å². The molecule has 0 aliphatic rings. The van der Waals surface area contributed by atoms with Crippen LogP contribution >= 0.6 is 0 Å². The molecule has 1 heterocycles. The van der Waals surface area contributed by atoms with Crippen LogP contribution in [0.4, 0.5) is 0 Å². The van der Waals surface area contributed by atoms with Gasteiger partial charge in [-0.05, 0) is 42.7 Å². The van der Waals surface area contributed by atoms with Gasteiger partial charge in [0.1, 0.15) is 18.1 Å². The number of fused-ring (bicyclic) bond motifs is 1. The van der Waals surface area contributed by atoms with E-state index in [0.717, 1.165) is 33.3 Å². The van der Waals surface area contributed by atoms with Crippen molar-refractivity contribution in [2.45, 2.75) is 20.5 Å². The van der Waals surface area contributed by atoms with Crippen LogP contribution in [0.2, 0.25) is 0 Å². The third-order valence-electron chi connectivity index (χ3n) is 3.80. The number of nitrogens with one attached hydrogen (secondary N) is 1. The number of carbonyl (C=O) groups is 1. The van der Waals surface area contributed by atoms with Crippen LogP contribution < -0.4 is 4.74 Å². The number of aromatic nitrogens is 1. The molecule has 112 valence electrons. The summed E-state index contributed by atoms with van der Waals surface area (Å²) >= 11 is 0. The minimum atomic E-state index is -0.945. The van der Waals surface area contributed by atoms with Crippen molar-refractivity contribution in [3.8, 4) is 5.75 Å². The number of H-pyrrole nitrogens is 1. The van der Waals surface area contributed by atoms with E-state index in [1.165, 1.54) is 0 Å². The van der Waals surface area contributed by atoms with Gasteiger partial charge >= 0.3 is 5.97 Å². The first-order chi connectivity index (χ1) is 10.6. The number of aryl methyl sites for hydroxylation is 2. The van der Waals surface area contributed by atoms with Gasteiger partial charge in [0.05, 0.1) is 0 Å². The number of benzene rings is 2. The van der Waals surface area contributed by atoms with E-state index in [1.807, 2.05) is 56.3 Å². The summed E-state index contributed by atoms with van der Waals surface area (Å²) < 4.78 is 5.84. The molecule has 0 atom stereocenters. The highest BCUT2D eigenvalue weighted by atomic mass is 16.5. The van der Waals surface area contributed by atoms with Gasteiger partial charge in [-0.3, -0.25) is 0 Å². The van der Waals surface area contributed by atoms with Crippen molar-refractivity contribution in [3.63, 3.8) is 0 Å². The number of aromatic carboxylic acids is 1. The van der Waals surface area contributed by atoms with Crippen molar-refractivity contribution >= 4 is 16.9 Å². The largest absolute Gasteiger partial charge is 0.489 e. The highest BCUT2D eigenvalue weighted by molar-refractivity contribution is 5.98. The van der Waals surface area contributed by atoms with E-state index in [2.05, 4.69) is 4.98 Å². The van der Waals surface area contributed by atoms with Crippen LogP contribution in [0.3, 0.4) is 0 Å². The SMILES string of the molecule is Cc1c(C(=O)O)[nH]c2c(C)cc(OCc3ccccc3)cc12. The number of rotatable bonds is 4. The lowest BCUT2D eigenvalue weighted by molar-refractivity contribution is 0.0691. The maximum Gasteiger partial charge on any atom is 0.352 e. The lowest BCUT2D eigenvalue weighted by Gasteiger charge is -2.08. The fourth-order valence-electron chi connectivity index (χ4n) is 2.61. The molecule has 3 aromatic rings. The molecule has 4 nitrogen and oxygen atoms in total. The first kappa shape index (κ1) is 14.2. The van der Waals surface area contributed by atoms with Gasteiger partial charge in [0.2, 0.25) is 0 Å². The molecule has 0 aliphatic heterocycles. The maximum absolute atomic E-state index is 11.2. The van der Waals surface area contributed by atoms with Crippen LogP contribution in [0.15, 0.2) is 42.5 Å². The van der Waals surface area contributed by atoms with Gasteiger partial charge in [0.25, 0.3) is 0 Å². The van der Waals surface area contributed by atoms with Crippen LogP contribution in [0, 0.1) is 13.8 Å². The summed E-state index contributed by atoms with van der Waals surface area (Å²) in [7, 11) is 0. The van der Waals surface area contributed by atoms with Crippen molar-refractivity contribution in [2.75, 3.05) is 0 Å². The van der Waals surface area contributed by atoms with E-state index in [-0.39, 0.29) is 5.69 Å². The van der Waals surface area contributed by atoms with Gasteiger partial charge in [0.15, 0.2) is 0 Å². The highest BCUT2D eigenvalue weighted by Crippen LogP contribution is 2.29. The summed E-state index contributed by atoms with van der Waals surface area (Å²) in [6.45, 7) is 4.24. The Labute approximate surface area is 128 Å². The van der Waals surface area contributed by atoms with Crippen molar-refractivity contribution in [1.29, 1.82) is 0 Å². The molecule has 22 heavy (non-hydrogen) atoms. The predicted octanol–water partition coefficient (Wildman–Crippen LogP) is 4.06. The first-order valence-corrected chi connectivity index (χ1v) is 7.09. The summed E-state index contributed by atoms with van der Waals surface area (Å²) in [5.74, 6) is -0.201. The Kier molecular flexibility index (Phi) is 3.59. The van der Waals surface area contributed by atoms with Crippen LogP contribution in [0.5, 0.6) is 5.75 Å². The summed E-state index contributed by atoms with van der Waals surface area (Å²) in [4.78, 5) is 14.2. The zero-order valence-corrected chi connectivity index (χ0v) is 12.5. The third kappa shape index (κ3) is 2.55. The van der Waals surface area contributed by atoms with Gasteiger partial charge in [-0.25, -0.2) is 4.79 Å². The minimum Gasteiger partial charge on any atom is -0.489 e. The number of carboxylic acid groups (broad SMARTS) is 1. The lowest BCUT2D eigenvalue weighted by atomic mass is 10.1. The molecule has 1 aromatic heterocycles. The Morgan fingerprint density at radius 2 is 1.91 bits per heavy atom. The third-order valence-corrected chi connectivity index (χ3v) is 3.80. The molecule has 0 saturated heterocycles. The molecule has 0 saturated carbocycles. The van der Waals surface area contributed by atoms with Crippen LogP contribution in [-0.2, 0) is 6.61 Å². The number of hydrogen-bond donors (Lipinski definition) is 2. The number of hydrogen-bond acceptors (Lipinski definition) is 2. The van der Waals surface area contributed by atoms with E-state index >= 15 is 0 Å². The van der Waals surface area contributed by atoms with E-state index < -0.39 is 5.97 Å². The van der Waals surface area contributed by atoms with E-state index in [1.54, 1.807) is 0 Å². The Balaban J connectivity index is 1.94. The van der Waals surface area contributed by atoms with Crippen LogP contribution in [0.25, 0.3) is 10.9 Å². The lowest BCUT2D eigenvalue weighted by Crippen LogP contribution is -1.98. The standard InChI is InChI=1S/C18H17NO3/c1-11-8-14(22-10-13-6-4-3-5-7-13)9-15-12(2)17(18(20)21)19-16(11)15/h3-9,19H,10H2,1-2H3,(H,20,21). The predicted molar refractivity (Wildman–Crippen MR) is 85.5 cm³/mol. The molecule has 0 unspecified atom stereocenters. The van der Waals surface area contributed by atoms with Crippen molar-refractivity contribution in [2.24, 2.45) is 0 Å². The summed E-state index contributed by atoms with van der Waals surface area (Å²) in [5.41, 5.74) is 3.88. The van der Waals surface area contributed by atoms with E-state index in [4.69, 9.17) is 4.74 Å². The van der Waals surface area contributed by atoms with Gasteiger partial charge in [0, 0.05) is 10.9 Å². The normalized spacial score (nSPS) is 10.8. The molecule has 3 rings (SSSR count). The molecular weight excluding hydrogens is 278 g/mol. The molecule has 0 amide bonds. The molecule has 2 N–H and O–H groups in total. The highest BCUT2D eigenvalue weighted by Gasteiger charge is 2.15. The Hall–Kier alpha value is -2.75. The zero-order chi connectivity index (χ0) is 15.7. The van der Waals surface area contributed by atoms with Gasteiger partial charge in [-0.1, -0.05) is 30.3 Å². The number of carboxylic acids is 1. The minimum absolute atomic E-state index is 0.235. The van der Waals surface area contributed by atoms with Gasteiger partial charge < -0.3 is 14.8 Å². The molecule has 0 radical (unpaired) electrons. The first-order valence-electron chi connectivity index (χ1n) is 7.09. The summed E-state index contributed by atoms with van der Waals surface area (Å²) in [6.07, 6.45) is 0. The van der Waals surface area contributed by atoms with Gasteiger partial charge in [-0.2, -0.15) is 0 Å². The Bertz CT molecular complexity index is 834. The second-order valence-electron chi connectivity index (χ2n) is 5.37. The number of ether oxygens (including phenoxy) is 1. The maximum atomic E-state index is 11.2. The van der Waals surface area contributed by atoms with Crippen molar-refractivity contribution in [1.82, 2.24) is 4.98 Å². The Morgan fingerprint density at radius 3 is 2.59 bits per heavy atom. The Morgan fingerprint density at radius 1 is 1.18 bits per heavy atom. The monoisotopic (exact) mass is 295 g/mol. The molecule has 0 bridgehead atoms. The quantitative estimate of drug-likeness (QED) is 0.763. The smallest absolute Gasteiger partial charge is 0.352 e. The average molecular weight is 295 g/mol. The number of aromatic amines is 1. The molecule has 0 fully saturated rings. The molecule has 4 heteroatoms. The molecule has 2 aromatic carbocycles. The van der Waals surface area contributed by atoms with E-state index in [0.29, 0.717) is 6.61 Å². The summed E-state index contributed by atoms with van der Waals surface area (Å²) in [6, 6.07) is 13.8. The molecule has 0 spiro atoms. The topological polar surface area (TPSA) is 62.3 Å². The molecule has 0 aliphatic carbocycles. The van der Waals surface area contributed by atoms with Crippen molar-refractivity contribution < 1.29 is 14.6 Å². The molecular formula is C18H17NO3. The van der Waals surface area contributed by atoms with Crippen LogP contribution in [-0.4, -0.2) is 16.1 Å². The second kappa shape index (κ2) is 5.56. The fraction of sp³-hybridized carbons (Fsp3) is 0.167. The fourth-order valence-corrected chi connectivity index (χ4v) is 2.61. The zero-order valence-electron chi connectivity index (χ0n) is 12.5. The van der Waals surface area contributed by atoms with Crippen molar-refractivity contribution in [3.05, 3.63) is 64.8 Å². The average Bonchev–Trinajstić information content (AvgIpc) is 2.84. The van der Waals surface area contributed by atoms with Crippen LogP contribution in [0.1, 0.15) is 27.2 Å². The van der Waals surface area contributed by atoms with E-state index in [9.17, 15) is 9.90 Å².